The molecular weight excluding hydrogens is 194 g/mol. The minimum Gasteiger partial charge on any atom is -0.405 e. The average molecular weight is 219 g/mol. The average Bonchev–Trinajstić information content (AvgIpc) is 2.30. The van der Waals surface area contributed by atoms with Gasteiger partial charge >= 0.3 is 0 Å². The fourth-order valence-electron chi connectivity index (χ4n) is 1.03. The summed E-state index contributed by atoms with van der Waals surface area (Å²) in [6.07, 6.45) is 6.69. The van der Waals surface area contributed by atoms with Crippen LogP contribution in [0.3, 0.4) is 0 Å². The Bertz CT molecular complexity index is 287. The molecule has 0 aromatic heterocycles. The predicted octanol–water partition coefficient (Wildman–Crippen LogP) is 4.53. The van der Waals surface area contributed by atoms with Crippen molar-refractivity contribution >= 4 is 6.08 Å². The molecule has 1 heteroatoms. The zero-order valence-corrected chi connectivity index (χ0v) is 11.0. The number of nitrogens with two attached hydrogens (primary N) is 1. The topological polar surface area (TPSA) is 26.0 Å². The summed E-state index contributed by atoms with van der Waals surface area (Å²) < 4.78 is 0. The number of aryl methyl sites for hydroxylation is 1. The van der Waals surface area contributed by atoms with E-state index in [2.05, 4.69) is 62.6 Å². The van der Waals surface area contributed by atoms with Gasteiger partial charge in [-0.1, -0.05) is 69.3 Å². The fraction of sp³-hybridized carbons (Fsp3) is 0.333. The zero-order valence-electron chi connectivity index (χ0n) is 11.0. The van der Waals surface area contributed by atoms with E-state index in [1.807, 2.05) is 13.8 Å². The van der Waals surface area contributed by atoms with Gasteiger partial charge in [0.15, 0.2) is 0 Å². The summed E-state index contributed by atoms with van der Waals surface area (Å²) in [6.45, 7) is 11.4. The molecule has 2 N–H and O–H groups in total. The Morgan fingerprint density at radius 1 is 1.31 bits per heavy atom. The molecule has 0 fully saturated rings. The molecule has 0 saturated heterocycles. The maximum atomic E-state index is 4.61. The second kappa shape index (κ2) is 13.5. The number of allylic oxidation sites excluding steroid dienone is 1. The number of benzene rings is 1. The van der Waals surface area contributed by atoms with Crippen LogP contribution in [0.2, 0.25) is 0 Å². The van der Waals surface area contributed by atoms with Crippen LogP contribution in [0, 0.1) is 6.92 Å². The van der Waals surface area contributed by atoms with Crippen LogP contribution in [-0.2, 0) is 0 Å². The van der Waals surface area contributed by atoms with Crippen LogP contribution in [0.25, 0.3) is 6.08 Å². The lowest BCUT2D eigenvalue weighted by Crippen LogP contribution is -1.73. The first-order valence-electron chi connectivity index (χ1n) is 5.80. The number of rotatable bonds is 2. The molecule has 0 atom stereocenters. The van der Waals surface area contributed by atoms with E-state index in [-0.39, 0.29) is 0 Å². The predicted molar refractivity (Wildman–Crippen MR) is 76.2 cm³/mol. The van der Waals surface area contributed by atoms with Crippen molar-refractivity contribution in [2.75, 3.05) is 0 Å². The van der Waals surface area contributed by atoms with Crippen LogP contribution in [-0.4, -0.2) is 0 Å². The first kappa shape index (κ1) is 16.9. The first-order valence-corrected chi connectivity index (χ1v) is 5.80. The van der Waals surface area contributed by atoms with E-state index >= 15 is 0 Å². The highest BCUT2D eigenvalue weighted by Crippen LogP contribution is 2.05. The van der Waals surface area contributed by atoms with E-state index in [9.17, 15) is 0 Å². The molecule has 0 heterocycles. The van der Waals surface area contributed by atoms with Crippen LogP contribution in [0.4, 0.5) is 0 Å². The van der Waals surface area contributed by atoms with Gasteiger partial charge in [-0.3, -0.25) is 0 Å². The Hall–Kier alpha value is -1.50. The van der Waals surface area contributed by atoms with Gasteiger partial charge in [0.25, 0.3) is 0 Å². The Kier molecular flexibility index (Phi) is 14.3. The van der Waals surface area contributed by atoms with E-state index in [0.717, 1.165) is 6.42 Å². The van der Waals surface area contributed by atoms with Gasteiger partial charge in [0.2, 0.25) is 0 Å². The zero-order chi connectivity index (χ0) is 12.8. The van der Waals surface area contributed by atoms with Crippen LogP contribution in [0.15, 0.2) is 43.1 Å². The maximum absolute atomic E-state index is 4.61. The molecule has 0 bridgehead atoms. The third-order valence-corrected chi connectivity index (χ3v) is 1.59. The number of hydrogen-bond acceptors (Lipinski definition) is 1. The lowest BCUT2D eigenvalue weighted by atomic mass is 10.1. The van der Waals surface area contributed by atoms with Crippen molar-refractivity contribution < 1.29 is 0 Å². The van der Waals surface area contributed by atoms with E-state index in [1.54, 1.807) is 0 Å². The molecule has 0 radical (unpaired) electrons. The van der Waals surface area contributed by atoms with Crippen molar-refractivity contribution in [2.45, 2.75) is 34.1 Å². The van der Waals surface area contributed by atoms with Gasteiger partial charge in [-0.15, -0.1) is 0 Å². The highest BCUT2D eigenvalue weighted by molar-refractivity contribution is 5.49. The van der Waals surface area contributed by atoms with Gasteiger partial charge in [0, 0.05) is 0 Å². The first-order chi connectivity index (χ1) is 7.74. The van der Waals surface area contributed by atoms with Crippen molar-refractivity contribution in [1.82, 2.24) is 0 Å². The highest BCUT2D eigenvalue weighted by Gasteiger charge is 1.84. The Labute approximate surface area is 101 Å². The lowest BCUT2D eigenvalue weighted by Gasteiger charge is -1.93. The molecule has 0 amide bonds. The van der Waals surface area contributed by atoms with E-state index in [0.29, 0.717) is 0 Å². The van der Waals surface area contributed by atoms with Crippen molar-refractivity contribution in [1.29, 1.82) is 0 Å². The fourth-order valence-corrected chi connectivity index (χ4v) is 1.03. The minimum atomic E-state index is 1.11. The van der Waals surface area contributed by atoms with Crippen LogP contribution in [0.1, 0.15) is 38.3 Å². The normalized spacial score (nSPS) is 8.50. The molecule has 0 aliphatic carbocycles. The van der Waals surface area contributed by atoms with E-state index < -0.39 is 0 Å². The molecule has 1 rings (SSSR count). The van der Waals surface area contributed by atoms with Gasteiger partial charge < -0.3 is 5.73 Å². The third-order valence-electron chi connectivity index (χ3n) is 1.59. The van der Waals surface area contributed by atoms with E-state index in [4.69, 9.17) is 0 Å². The van der Waals surface area contributed by atoms with E-state index in [1.165, 1.54) is 17.3 Å². The summed E-state index contributed by atoms with van der Waals surface area (Å²) in [5, 5.41) is 0. The molecule has 0 spiro atoms. The molecule has 1 aromatic carbocycles. The van der Waals surface area contributed by atoms with Gasteiger partial charge in [-0.2, -0.15) is 0 Å². The Morgan fingerprint density at radius 3 is 2.31 bits per heavy atom. The maximum Gasteiger partial charge on any atom is -0.0136 e. The summed E-state index contributed by atoms with van der Waals surface area (Å²) >= 11 is 0. The minimum absolute atomic E-state index is 1.11. The molecule has 1 aromatic rings. The third kappa shape index (κ3) is 10.6. The highest BCUT2D eigenvalue weighted by atomic mass is 14.5. The molecular formula is C15H25N. The van der Waals surface area contributed by atoms with Gasteiger partial charge in [0.05, 0.1) is 0 Å². The van der Waals surface area contributed by atoms with Gasteiger partial charge in [-0.25, -0.2) is 0 Å². The lowest BCUT2D eigenvalue weighted by molar-refractivity contribution is 1.23. The SMILES string of the molecule is C=CN.CC.CC/C=C/c1cccc(C)c1. The molecule has 0 unspecified atom stereocenters. The smallest absolute Gasteiger partial charge is 0.0136 e. The second-order valence-electron chi connectivity index (χ2n) is 2.96. The molecule has 0 aliphatic rings. The summed E-state index contributed by atoms with van der Waals surface area (Å²) in [5.74, 6) is 0. The van der Waals surface area contributed by atoms with Crippen molar-refractivity contribution in [3.63, 3.8) is 0 Å². The number of hydrogen-bond donors (Lipinski definition) is 1. The Morgan fingerprint density at radius 2 is 1.88 bits per heavy atom. The summed E-state index contributed by atoms with van der Waals surface area (Å²) in [4.78, 5) is 0. The molecule has 1 nitrogen and oxygen atoms in total. The molecule has 0 aliphatic heterocycles. The summed E-state index contributed by atoms with van der Waals surface area (Å²) in [7, 11) is 0. The van der Waals surface area contributed by atoms with Crippen LogP contribution >= 0.6 is 0 Å². The Balaban J connectivity index is 0. The standard InChI is InChI=1S/C11H14.C2H5N.C2H6/c1-3-4-7-11-8-5-6-10(2)9-11;1-2-3;1-2/h4-9H,3H2,1-2H3;2H,1,3H2;1-2H3/b7-4+;;. The summed E-state index contributed by atoms with van der Waals surface area (Å²) in [5.41, 5.74) is 7.23. The van der Waals surface area contributed by atoms with Gasteiger partial charge in [-0.05, 0) is 25.1 Å². The summed E-state index contributed by atoms with van der Waals surface area (Å²) in [6, 6.07) is 8.51. The van der Waals surface area contributed by atoms with Crippen molar-refractivity contribution in [2.24, 2.45) is 5.73 Å². The van der Waals surface area contributed by atoms with Gasteiger partial charge in [0.1, 0.15) is 0 Å². The largest absolute Gasteiger partial charge is 0.405 e. The molecule has 90 valence electrons. The van der Waals surface area contributed by atoms with Crippen molar-refractivity contribution in [3.05, 3.63) is 54.2 Å². The molecule has 16 heavy (non-hydrogen) atoms. The van der Waals surface area contributed by atoms with Crippen LogP contribution < -0.4 is 5.73 Å². The quantitative estimate of drug-likeness (QED) is 0.776. The van der Waals surface area contributed by atoms with Crippen molar-refractivity contribution in [3.8, 4) is 0 Å². The second-order valence-corrected chi connectivity index (χ2v) is 2.96. The molecule has 0 saturated carbocycles. The van der Waals surface area contributed by atoms with Crippen LogP contribution in [0.5, 0.6) is 0 Å². The monoisotopic (exact) mass is 219 g/mol.